The number of hydrogen-bond acceptors (Lipinski definition) is 3. The van der Waals surface area contributed by atoms with Crippen LogP contribution >= 0.6 is 0 Å². The molecule has 2 rings (SSSR count). The monoisotopic (exact) mass is 236 g/mol. The Bertz CT molecular complexity index is 437. The van der Waals surface area contributed by atoms with Crippen molar-refractivity contribution in [3.8, 4) is 5.75 Å². The van der Waals surface area contributed by atoms with Gasteiger partial charge in [0.15, 0.2) is 0 Å². The van der Waals surface area contributed by atoms with Gasteiger partial charge in [-0.1, -0.05) is 45.9 Å². The number of para-hydroxylation sites is 1. The summed E-state index contributed by atoms with van der Waals surface area (Å²) < 4.78 is 10.9. The van der Waals surface area contributed by atoms with Crippen LogP contribution in [0, 0.1) is 5.41 Å². The second kappa shape index (κ2) is 3.47. The summed E-state index contributed by atoms with van der Waals surface area (Å²) in [7, 11) is 1.46. The first-order valence-electron chi connectivity index (χ1n) is 5.82. The highest BCUT2D eigenvalue weighted by molar-refractivity contribution is 5.43. The molecular formula is C14H20O3. The van der Waals surface area contributed by atoms with Crippen LogP contribution in [0.5, 0.6) is 5.75 Å². The van der Waals surface area contributed by atoms with Gasteiger partial charge in [-0.2, -0.15) is 0 Å². The fourth-order valence-corrected chi connectivity index (χ4v) is 2.38. The van der Waals surface area contributed by atoms with Crippen molar-refractivity contribution in [2.75, 3.05) is 7.11 Å². The maximum absolute atomic E-state index is 10.5. The molecule has 0 aromatic heterocycles. The smallest absolute Gasteiger partial charge is 0.330 e. The molecule has 1 unspecified atom stereocenters. The Morgan fingerprint density at radius 3 is 2.29 bits per heavy atom. The van der Waals surface area contributed by atoms with E-state index in [1.165, 1.54) is 7.11 Å². The van der Waals surface area contributed by atoms with Crippen LogP contribution in [0.3, 0.4) is 0 Å². The summed E-state index contributed by atoms with van der Waals surface area (Å²) in [6.45, 7) is 8.09. The number of rotatable bonds is 1. The molecule has 0 bridgehead atoms. The second-order valence-electron chi connectivity index (χ2n) is 5.63. The molecule has 0 aliphatic carbocycles. The van der Waals surface area contributed by atoms with Crippen molar-refractivity contribution in [3.05, 3.63) is 29.8 Å². The van der Waals surface area contributed by atoms with Gasteiger partial charge in [0, 0.05) is 18.1 Å². The van der Waals surface area contributed by atoms with Gasteiger partial charge in [-0.15, -0.1) is 0 Å². The second-order valence-corrected chi connectivity index (χ2v) is 5.63. The summed E-state index contributed by atoms with van der Waals surface area (Å²) in [5, 5.41) is 10.5. The molecule has 3 heteroatoms. The summed E-state index contributed by atoms with van der Waals surface area (Å²) in [4.78, 5) is 0. The average Bonchev–Trinajstić information content (AvgIpc) is 2.27. The van der Waals surface area contributed by atoms with E-state index in [2.05, 4.69) is 13.8 Å². The highest BCUT2D eigenvalue weighted by Gasteiger charge is 2.60. The molecule has 1 aromatic rings. The van der Waals surface area contributed by atoms with Crippen LogP contribution in [0.1, 0.15) is 33.3 Å². The van der Waals surface area contributed by atoms with Gasteiger partial charge in [0.25, 0.3) is 0 Å². The average molecular weight is 236 g/mol. The lowest BCUT2D eigenvalue weighted by molar-refractivity contribution is -0.381. The zero-order valence-electron chi connectivity index (χ0n) is 11.1. The van der Waals surface area contributed by atoms with Gasteiger partial charge in [-0.25, -0.2) is 0 Å². The SMILES string of the molecule is COC1(O)Oc2ccccc2C(C)(C)C1(C)C. The largest absolute Gasteiger partial charge is 0.438 e. The zero-order valence-corrected chi connectivity index (χ0v) is 11.1. The van der Waals surface area contributed by atoms with Crippen molar-refractivity contribution < 1.29 is 14.6 Å². The lowest BCUT2D eigenvalue weighted by atomic mass is 9.61. The van der Waals surface area contributed by atoms with Crippen LogP contribution in [0.15, 0.2) is 24.3 Å². The minimum Gasteiger partial charge on any atom is -0.438 e. The Labute approximate surface area is 102 Å². The fraction of sp³-hybridized carbons (Fsp3) is 0.571. The maximum atomic E-state index is 10.5. The molecule has 1 aromatic carbocycles. The molecule has 1 heterocycles. The third-order valence-corrected chi connectivity index (χ3v) is 4.44. The van der Waals surface area contributed by atoms with Crippen LogP contribution in [-0.4, -0.2) is 18.2 Å². The number of aliphatic hydroxyl groups is 1. The Morgan fingerprint density at radius 2 is 1.71 bits per heavy atom. The van der Waals surface area contributed by atoms with Crippen LogP contribution in [-0.2, 0) is 10.2 Å². The minimum atomic E-state index is -1.61. The first kappa shape index (κ1) is 12.4. The fourth-order valence-electron chi connectivity index (χ4n) is 2.38. The summed E-state index contributed by atoms with van der Waals surface area (Å²) in [6.07, 6.45) is 0. The molecule has 0 radical (unpaired) electrons. The topological polar surface area (TPSA) is 38.7 Å². The van der Waals surface area contributed by atoms with E-state index in [0.717, 1.165) is 5.56 Å². The first-order chi connectivity index (χ1) is 7.76. The van der Waals surface area contributed by atoms with E-state index in [1.54, 1.807) is 0 Å². The van der Waals surface area contributed by atoms with Gasteiger partial charge in [0.05, 0.1) is 5.41 Å². The van der Waals surface area contributed by atoms with Crippen LogP contribution in [0.2, 0.25) is 0 Å². The van der Waals surface area contributed by atoms with Gasteiger partial charge in [-0.3, -0.25) is 0 Å². The third kappa shape index (κ3) is 1.42. The standard InChI is InChI=1S/C14H20O3/c1-12(2)10-8-6-7-9-11(10)17-14(15,16-5)13(12,3)4/h6-9,15H,1-5H3. The van der Waals surface area contributed by atoms with Crippen molar-refractivity contribution >= 4 is 0 Å². The van der Waals surface area contributed by atoms with E-state index in [9.17, 15) is 5.11 Å². The normalized spacial score (nSPS) is 29.3. The molecule has 0 spiro atoms. The number of ether oxygens (including phenoxy) is 2. The zero-order chi connectivity index (χ0) is 12.9. The van der Waals surface area contributed by atoms with Gasteiger partial charge in [0.1, 0.15) is 5.75 Å². The number of hydrogen-bond donors (Lipinski definition) is 1. The van der Waals surface area contributed by atoms with Gasteiger partial charge in [0.2, 0.25) is 0 Å². The molecular weight excluding hydrogens is 216 g/mol. The number of benzene rings is 1. The van der Waals surface area contributed by atoms with E-state index in [1.807, 2.05) is 38.1 Å². The van der Waals surface area contributed by atoms with Crippen molar-refractivity contribution in [1.82, 2.24) is 0 Å². The molecule has 1 atom stereocenters. The van der Waals surface area contributed by atoms with Gasteiger partial charge in [-0.05, 0) is 6.07 Å². The maximum Gasteiger partial charge on any atom is 0.330 e. The van der Waals surface area contributed by atoms with Crippen LogP contribution in [0.25, 0.3) is 0 Å². The molecule has 0 saturated carbocycles. The lowest BCUT2D eigenvalue weighted by Crippen LogP contribution is -2.62. The first-order valence-corrected chi connectivity index (χ1v) is 5.82. The number of fused-ring (bicyclic) bond motifs is 1. The van der Waals surface area contributed by atoms with Crippen molar-refractivity contribution in [3.63, 3.8) is 0 Å². The molecule has 1 aliphatic rings. The molecule has 1 N–H and O–H groups in total. The summed E-state index contributed by atoms with van der Waals surface area (Å²) in [5.41, 5.74) is 0.266. The third-order valence-electron chi connectivity index (χ3n) is 4.44. The summed E-state index contributed by atoms with van der Waals surface area (Å²) in [5.74, 6) is -0.925. The van der Waals surface area contributed by atoms with Crippen molar-refractivity contribution in [2.45, 2.75) is 39.1 Å². The molecule has 94 valence electrons. The molecule has 1 aliphatic heterocycles. The van der Waals surface area contributed by atoms with E-state index >= 15 is 0 Å². The Kier molecular flexibility index (Phi) is 2.53. The van der Waals surface area contributed by atoms with Gasteiger partial charge < -0.3 is 14.6 Å². The quantitative estimate of drug-likeness (QED) is 0.762. The predicted molar refractivity (Wildman–Crippen MR) is 65.8 cm³/mol. The molecule has 0 amide bonds. The predicted octanol–water partition coefficient (Wildman–Crippen LogP) is 2.68. The minimum absolute atomic E-state index is 0.257. The lowest BCUT2D eigenvalue weighted by Gasteiger charge is -2.53. The van der Waals surface area contributed by atoms with E-state index < -0.39 is 11.4 Å². The van der Waals surface area contributed by atoms with E-state index in [-0.39, 0.29) is 5.41 Å². The molecule has 17 heavy (non-hydrogen) atoms. The van der Waals surface area contributed by atoms with E-state index in [4.69, 9.17) is 9.47 Å². The Morgan fingerprint density at radius 1 is 1.12 bits per heavy atom. The Balaban J connectivity index is 2.67. The van der Waals surface area contributed by atoms with Gasteiger partial charge >= 0.3 is 5.97 Å². The summed E-state index contributed by atoms with van der Waals surface area (Å²) >= 11 is 0. The van der Waals surface area contributed by atoms with Crippen LogP contribution < -0.4 is 4.74 Å². The van der Waals surface area contributed by atoms with Crippen molar-refractivity contribution in [2.24, 2.45) is 5.41 Å². The highest BCUT2D eigenvalue weighted by atomic mass is 16.8. The molecule has 3 nitrogen and oxygen atoms in total. The number of methoxy groups -OCH3 is 1. The van der Waals surface area contributed by atoms with Crippen LogP contribution in [0.4, 0.5) is 0 Å². The van der Waals surface area contributed by atoms with Crippen molar-refractivity contribution in [1.29, 1.82) is 0 Å². The molecule has 0 saturated heterocycles. The summed E-state index contributed by atoms with van der Waals surface area (Å²) in [6, 6.07) is 7.77. The highest BCUT2D eigenvalue weighted by Crippen LogP contribution is 2.55. The van der Waals surface area contributed by atoms with E-state index in [0.29, 0.717) is 5.75 Å². The molecule has 0 fully saturated rings. The Hall–Kier alpha value is -1.06.